The van der Waals surface area contributed by atoms with Gasteiger partial charge >= 0.3 is 0 Å². The minimum absolute atomic E-state index is 0.107. The number of rotatable bonds is 3. The van der Waals surface area contributed by atoms with Crippen molar-refractivity contribution in [2.45, 2.75) is 13.8 Å². The van der Waals surface area contributed by atoms with Crippen molar-refractivity contribution in [3.8, 4) is 11.3 Å². The Morgan fingerprint density at radius 2 is 1.84 bits per heavy atom. The van der Waals surface area contributed by atoms with Gasteiger partial charge in [0.05, 0.1) is 4.88 Å². The molecule has 4 rings (SSSR count). The second-order valence-corrected chi connectivity index (χ2v) is 7.16. The highest BCUT2D eigenvalue weighted by molar-refractivity contribution is 7.14. The molecule has 4 nitrogen and oxygen atoms in total. The Balaban J connectivity index is 1.81. The van der Waals surface area contributed by atoms with E-state index >= 15 is 0 Å². The first kappa shape index (κ1) is 15.6. The third-order valence-corrected chi connectivity index (χ3v) is 5.35. The van der Waals surface area contributed by atoms with Gasteiger partial charge in [0.2, 0.25) is 0 Å². The fourth-order valence-electron chi connectivity index (χ4n) is 2.77. The molecule has 0 fully saturated rings. The Labute approximate surface area is 149 Å². The van der Waals surface area contributed by atoms with Crippen LogP contribution in [0.5, 0.6) is 0 Å². The standard InChI is InChI=1S/C20H17N3OS/c1-13-12-16(25-14(13)2)20(24)22-19-18(15-8-4-3-5-9-15)21-17-10-6-7-11-23(17)19/h3-12H,1-2H3,(H,22,24). The van der Waals surface area contributed by atoms with Gasteiger partial charge in [0.25, 0.3) is 5.91 Å². The highest BCUT2D eigenvalue weighted by Gasteiger charge is 2.18. The number of nitrogens with one attached hydrogen (secondary N) is 1. The monoisotopic (exact) mass is 347 g/mol. The molecule has 0 bridgehead atoms. The Kier molecular flexibility index (Phi) is 3.86. The van der Waals surface area contributed by atoms with Crippen molar-refractivity contribution in [1.29, 1.82) is 0 Å². The summed E-state index contributed by atoms with van der Waals surface area (Å²) in [5.74, 6) is 0.583. The Morgan fingerprint density at radius 3 is 2.56 bits per heavy atom. The highest BCUT2D eigenvalue weighted by atomic mass is 32.1. The summed E-state index contributed by atoms with van der Waals surface area (Å²) in [6.45, 7) is 4.05. The Bertz CT molecular complexity index is 1040. The van der Waals surface area contributed by atoms with Crippen LogP contribution in [0.2, 0.25) is 0 Å². The number of nitrogens with zero attached hydrogens (tertiary/aromatic N) is 2. The second-order valence-electron chi connectivity index (χ2n) is 5.91. The maximum absolute atomic E-state index is 12.8. The zero-order valence-corrected chi connectivity index (χ0v) is 14.8. The van der Waals surface area contributed by atoms with Crippen LogP contribution in [0.3, 0.4) is 0 Å². The number of thiophene rings is 1. The number of carbonyl (C=O) groups is 1. The number of aryl methyl sites for hydroxylation is 2. The topological polar surface area (TPSA) is 46.4 Å². The quantitative estimate of drug-likeness (QED) is 0.571. The smallest absolute Gasteiger partial charge is 0.266 e. The van der Waals surface area contributed by atoms with Crippen LogP contribution in [0.25, 0.3) is 16.9 Å². The van der Waals surface area contributed by atoms with Gasteiger partial charge in [-0.05, 0) is 37.6 Å². The van der Waals surface area contributed by atoms with Crippen LogP contribution in [0.1, 0.15) is 20.1 Å². The third kappa shape index (κ3) is 2.83. The number of hydrogen-bond donors (Lipinski definition) is 1. The van der Waals surface area contributed by atoms with Gasteiger partial charge in [-0.1, -0.05) is 36.4 Å². The van der Waals surface area contributed by atoms with Crippen LogP contribution in [0.4, 0.5) is 5.82 Å². The Morgan fingerprint density at radius 1 is 1.08 bits per heavy atom. The minimum atomic E-state index is -0.107. The van der Waals surface area contributed by atoms with E-state index in [4.69, 9.17) is 4.98 Å². The van der Waals surface area contributed by atoms with Crippen LogP contribution in [0.15, 0.2) is 60.8 Å². The van der Waals surface area contributed by atoms with E-state index in [1.54, 1.807) is 0 Å². The van der Waals surface area contributed by atoms with E-state index in [0.717, 1.165) is 27.3 Å². The van der Waals surface area contributed by atoms with E-state index in [1.165, 1.54) is 11.3 Å². The van der Waals surface area contributed by atoms with Crippen molar-refractivity contribution >= 4 is 28.7 Å². The lowest BCUT2D eigenvalue weighted by Gasteiger charge is -2.06. The number of anilines is 1. The average molecular weight is 347 g/mol. The first-order valence-corrected chi connectivity index (χ1v) is 8.86. The predicted molar refractivity (Wildman–Crippen MR) is 102 cm³/mol. The second kappa shape index (κ2) is 6.18. The largest absolute Gasteiger partial charge is 0.305 e. The lowest BCUT2D eigenvalue weighted by molar-refractivity contribution is 0.103. The molecule has 0 radical (unpaired) electrons. The van der Waals surface area contributed by atoms with E-state index in [9.17, 15) is 4.79 Å². The number of aromatic nitrogens is 2. The van der Waals surface area contributed by atoms with Crippen molar-refractivity contribution in [2.24, 2.45) is 0 Å². The number of pyridine rings is 1. The summed E-state index contributed by atoms with van der Waals surface area (Å²) in [6.07, 6.45) is 1.91. The molecule has 25 heavy (non-hydrogen) atoms. The molecule has 0 saturated carbocycles. The van der Waals surface area contributed by atoms with E-state index < -0.39 is 0 Å². The van der Waals surface area contributed by atoms with E-state index in [1.807, 2.05) is 79.0 Å². The van der Waals surface area contributed by atoms with Crippen LogP contribution in [0, 0.1) is 13.8 Å². The molecule has 0 atom stereocenters. The van der Waals surface area contributed by atoms with Crippen molar-refractivity contribution in [1.82, 2.24) is 9.38 Å². The zero-order chi connectivity index (χ0) is 17.4. The fourth-order valence-corrected chi connectivity index (χ4v) is 3.70. The van der Waals surface area contributed by atoms with Gasteiger partial charge in [-0.3, -0.25) is 9.20 Å². The molecule has 1 aromatic carbocycles. The molecule has 5 heteroatoms. The molecule has 0 spiro atoms. The molecule has 1 amide bonds. The zero-order valence-electron chi connectivity index (χ0n) is 14.0. The first-order chi connectivity index (χ1) is 12.1. The minimum Gasteiger partial charge on any atom is -0.305 e. The number of fused-ring (bicyclic) bond motifs is 1. The van der Waals surface area contributed by atoms with Gasteiger partial charge in [-0.25, -0.2) is 4.98 Å². The maximum atomic E-state index is 12.8. The molecule has 1 N–H and O–H groups in total. The lowest BCUT2D eigenvalue weighted by atomic mass is 10.1. The fraction of sp³-hybridized carbons (Fsp3) is 0.100. The normalized spacial score (nSPS) is 11.0. The maximum Gasteiger partial charge on any atom is 0.266 e. The van der Waals surface area contributed by atoms with Crippen molar-refractivity contribution in [2.75, 3.05) is 5.32 Å². The van der Waals surface area contributed by atoms with Crippen LogP contribution >= 0.6 is 11.3 Å². The highest BCUT2D eigenvalue weighted by Crippen LogP contribution is 2.30. The molecule has 124 valence electrons. The van der Waals surface area contributed by atoms with Gasteiger partial charge in [0.1, 0.15) is 17.2 Å². The molecule has 3 aromatic heterocycles. The molecule has 0 unspecified atom stereocenters. The summed E-state index contributed by atoms with van der Waals surface area (Å²) in [6, 6.07) is 17.6. The number of hydrogen-bond acceptors (Lipinski definition) is 3. The summed E-state index contributed by atoms with van der Waals surface area (Å²) in [4.78, 5) is 19.3. The number of amides is 1. The van der Waals surface area contributed by atoms with Crippen molar-refractivity contribution in [3.05, 3.63) is 76.1 Å². The van der Waals surface area contributed by atoms with E-state index in [2.05, 4.69) is 5.32 Å². The van der Waals surface area contributed by atoms with Gasteiger partial charge in [0, 0.05) is 16.6 Å². The van der Waals surface area contributed by atoms with Gasteiger partial charge in [-0.2, -0.15) is 0 Å². The van der Waals surface area contributed by atoms with Crippen LogP contribution < -0.4 is 5.32 Å². The average Bonchev–Trinajstić information content (AvgIpc) is 3.17. The molecular weight excluding hydrogens is 330 g/mol. The summed E-state index contributed by atoms with van der Waals surface area (Å²) in [5, 5.41) is 3.06. The summed E-state index contributed by atoms with van der Waals surface area (Å²) in [5.41, 5.74) is 3.68. The van der Waals surface area contributed by atoms with Crippen molar-refractivity contribution < 1.29 is 4.79 Å². The number of imidazole rings is 1. The molecule has 0 saturated heterocycles. The molecular formula is C20H17N3OS. The summed E-state index contributed by atoms with van der Waals surface area (Å²) in [7, 11) is 0. The van der Waals surface area contributed by atoms with Gasteiger partial charge in [0.15, 0.2) is 0 Å². The SMILES string of the molecule is Cc1cc(C(=O)Nc2c(-c3ccccc3)nc3ccccn23)sc1C. The van der Waals surface area contributed by atoms with Gasteiger partial charge in [-0.15, -0.1) is 11.3 Å². The summed E-state index contributed by atoms with van der Waals surface area (Å²) < 4.78 is 1.91. The van der Waals surface area contributed by atoms with Crippen LogP contribution in [-0.2, 0) is 0 Å². The first-order valence-electron chi connectivity index (χ1n) is 8.04. The predicted octanol–water partition coefficient (Wildman–Crippen LogP) is 4.93. The molecule has 3 heterocycles. The van der Waals surface area contributed by atoms with Crippen molar-refractivity contribution in [3.63, 3.8) is 0 Å². The van der Waals surface area contributed by atoms with Gasteiger partial charge < -0.3 is 5.32 Å². The number of benzene rings is 1. The summed E-state index contributed by atoms with van der Waals surface area (Å²) >= 11 is 1.51. The van der Waals surface area contributed by atoms with Crippen LogP contribution in [-0.4, -0.2) is 15.3 Å². The molecule has 0 aliphatic carbocycles. The third-order valence-electron chi connectivity index (χ3n) is 4.20. The van der Waals surface area contributed by atoms with E-state index in [-0.39, 0.29) is 5.91 Å². The molecule has 0 aliphatic rings. The number of carbonyl (C=O) groups excluding carboxylic acids is 1. The lowest BCUT2D eigenvalue weighted by Crippen LogP contribution is -2.12. The molecule has 0 aliphatic heterocycles. The molecule has 4 aromatic rings. The van der Waals surface area contributed by atoms with E-state index in [0.29, 0.717) is 10.7 Å². The Hall–Kier alpha value is -2.92.